The first-order valence-electron chi connectivity index (χ1n) is 14.4. The van der Waals surface area contributed by atoms with Gasteiger partial charge in [-0.25, -0.2) is 23.5 Å². The molecule has 4 N–H and O–H groups in total. The fourth-order valence-electron chi connectivity index (χ4n) is 5.82. The van der Waals surface area contributed by atoms with Gasteiger partial charge in [-0.1, -0.05) is 11.6 Å². The Morgan fingerprint density at radius 2 is 1.93 bits per heavy atom. The molecule has 1 aromatic heterocycles. The number of rotatable bonds is 11. The molecule has 1 amide bonds. The van der Waals surface area contributed by atoms with Gasteiger partial charge in [-0.05, 0) is 58.9 Å². The maximum Gasteiger partial charge on any atom is 0.409 e. The summed E-state index contributed by atoms with van der Waals surface area (Å²) in [6.45, 7) is 6.27. The van der Waals surface area contributed by atoms with Gasteiger partial charge in [0.25, 0.3) is 6.43 Å². The number of carbonyl (C=O) groups excluding carboxylic acids is 2. The van der Waals surface area contributed by atoms with Crippen molar-refractivity contribution in [1.82, 2.24) is 20.2 Å². The van der Waals surface area contributed by atoms with E-state index >= 15 is 0 Å². The number of likely N-dealkylation sites (N-methyl/N-ethyl adjacent to an activating group) is 1. The minimum Gasteiger partial charge on any atom is -0.491 e. The number of hydrogen-bond donors (Lipinski definition) is 3. The first-order valence-corrected chi connectivity index (χ1v) is 14.8. The first kappa shape index (κ1) is 33.3. The molecule has 44 heavy (non-hydrogen) atoms. The number of benzene rings is 1. The van der Waals surface area contributed by atoms with E-state index in [2.05, 4.69) is 5.32 Å². The highest BCUT2D eigenvalue weighted by atomic mass is 35.5. The van der Waals surface area contributed by atoms with Gasteiger partial charge in [0.05, 0.1) is 16.3 Å². The van der Waals surface area contributed by atoms with Crippen molar-refractivity contribution in [3.8, 4) is 17.1 Å². The number of halogens is 3. The van der Waals surface area contributed by atoms with Gasteiger partial charge >= 0.3 is 6.09 Å². The topological polar surface area (TPSA) is 143 Å². The number of aliphatic hydroxyl groups excluding tert-OH is 1. The summed E-state index contributed by atoms with van der Waals surface area (Å²) in [5.74, 6) is 1.04. The second kappa shape index (κ2) is 14.0. The molecule has 0 unspecified atom stereocenters. The summed E-state index contributed by atoms with van der Waals surface area (Å²) < 4.78 is 35.7. The van der Waals surface area contributed by atoms with Gasteiger partial charge in [-0.15, -0.1) is 0 Å². The fraction of sp³-hybridized carbons (Fsp3) is 0.533. The number of aliphatic hydroxyl groups is 1. The van der Waals surface area contributed by atoms with Crippen LogP contribution in [-0.4, -0.2) is 97.4 Å². The van der Waals surface area contributed by atoms with Crippen LogP contribution in [0.2, 0.25) is 5.02 Å². The number of alkyl halides is 2. The van der Waals surface area contributed by atoms with E-state index in [1.165, 1.54) is 11.8 Å². The number of allylic oxidation sites excluding steroid dienone is 2. The van der Waals surface area contributed by atoms with E-state index in [1.807, 2.05) is 11.8 Å². The average molecular weight is 637 g/mol. The minimum atomic E-state index is -2.72. The van der Waals surface area contributed by atoms with Gasteiger partial charge in [0.2, 0.25) is 0 Å². The summed E-state index contributed by atoms with van der Waals surface area (Å²) in [5.41, 5.74) is 7.98. The van der Waals surface area contributed by atoms with Crippen LogP contribution >= 0.6 is 11.6 Å². The second-order valence-corrected chi connectivity index (χ2v) is 11.9. The molecule has 11 nitrogen and oxygen atoms in total. The smallest absolute Gasteiger partial charge is 0.409 e. The van der Waals surface area contributed by atoms with E-state index in [0.29, 0.717) is 78.3 Å². The van der Waals surface area contributed by atoms with Crippen LogP contribution in [0.3, 0.4) is 0 Å². The van der Waals surface area contributed by atoms with Crippen molar-refractivity contribution in [2.24, 2.45) is 11.1 Å². The van der Waals surface area contributed by atoms with Gasteiger partial charge in [0, 0.05) is 55.0 Å². The monoisotopic (exact) mass is 636 g/mol. The highest BCUT2D eigenvalue weighted by Gasteiger charge is 2.48. The van der Waals surface area contributed by atoms with Gasteiger partial charge in [0.1, 0.15) is 24.3 Å². The van der Waals surface area contributed by atoms with E-state index in [9.17, 15) is 23.5 Å². The zero-order valence-corrected chi connectivity index (χ0v) is 26.1. The van der Waals surface area contributed by atoms with E-state index < -0.39 is 25.2 Å². The van der Waals surface area contributed by atoms with Crippen molar-refractivity contribution in [2.45, 2.75) is 46.1 Å². The molecule has 2 fully saturated rings. The molecule has 0 radical (unpaired) electrons. The number of likely N-dealkylation sites (tertiary alicyclic amines) is 1. The molecule has 240 valence electrons. The normalized spacial score (nSPS) is 17.3. The molecule has 1 aromatic carbocycles. The van der Waals surface area contributed by atoms with Crippen molar-refractivity contribution in [3.05, 3.63) is 40.2 Å². The van der Waals surface area contributed by atoms with Crippen molar-refractivity contribution in [2.75, 3.05) is 57.9 Å². The number of piperidine rings is 1. The number of Topliss-reactive ketones (excluding diaryl/α,β-unsaturated/α-hetero) is 1. The van der Waals surface area contributed by atoms with Crippen LogP contribution < -0.4 is 20.7 Å². The van der Waals surface area contributed by atoms with Gasteiger partial charge in [-0.3, -0.25) is 4.79 Å². The number of nitrogens with zero attached hydrogens (tertiary/aromatic N) is 4. The standard InChI is InChI=1S/C30H39ClF2N6O5/c1-17-26(25(18(2)34)19(3)40)36-27(22-10-21(6-7-23(22)31)43-12-20(41)11-35-4)37-28(17)39-15-30(16-39)8-5-9-38(14-30)29(42)44-13-24(32)33/h6-7,10,20,24,35,41H,5,8-9,11-16,34H2,1-4H3/t20-/m1/s1. The maximum absolute atomic E-state index is 12.7. The summed E-state index contributed by atoms with van der Waals surface area (Å²) in [4.78, 5) is 38.3. The third kappa shape index (κ3) is 7.56. The molecule has 1 atom stereocenters. The SMILES string of the molecule is CNC[C@@H](O)COc1ccc(Cl)c(-c2nc(C(C(C)=O)=C(C)N)c(C)c(N3CC4(CCCN(C(=O)OCC(F)F)C4)C3)n2)c1. The lowest BCUT2D eigenvalue weighted by molar-refractivity contribution is -0.111. The van der Waals surface area contributed by atoms with Crippen LogP contribution in [0.4, 0.5) is 19.4 Å². The number of carbonyl (C=O) groups is 2. The molecule has 2 saturated heterocycles. The highest BCUT2D eigenvalue weighted by molar-refractivity contribution is 6.33. The zero-order valence-electron chi connectivity index (χ0n) is 25.3. The predicted molar refractivity (Wildman–Crippen MR) is 163 cm³/mol. The molecule has 2 aromatic rings. The van der Waals surface area contributed by atoms with Crippen molar-refractivity contribution < 1.29 is 33.0 Å². The van der Waals surface area contributed by atoms with Crippen LogP contribution in [-0.2, 0) is 9.53 Å². The lowest BCUT2D eigenvalue weighted by Gasteiger charge is -2.55. The molecule has 0 saturated carbocycles. The lowest BCUT2D eigenvalue weighted by atomic mass is 9.73. The molecule has 4 rings (SSSR count). The summed E-state index contributed by atoms with van der Waals surface area (Å²) in [6, 6.07) is 5.01. The number of amides is 1. The van der Waals surface area contributed by atoms with Gasteiger partial charge in [-0.2, -0.15) is 0 Å². The minimum absolute atomic E-state index is 0.0549. The zero-order chi connectivity index (χ0) is 32.2. The average Bonchev–Trinajstić information content (AvgIpc) is 2.95. The largest absolute Gasteiger partial charge is 0.491 e. The first-order chi connectivity index (χ1) is 20.8. The summed E-state index contributed by atoms with van der Waals surface area (Å²) in [5, 5.41) is 13.3. The maximum atomic E-state index is 12.7. The molecule has 2 aliphatic rings. The molecule has 14 heteroatoms. The van der Waals surface area contributed by atoms with Crippen molar-refractivity contribution in [1.29, 1.82) is 0 Å². The summed E-state index contributed by atoms with van der Waals surface area (Å²) in [6.07, 6.45) is -2.62. The molecule has 0 aliphatic carbocycles. The van der Waals surface area contributed by atoms with Crippen molar-refractivity contribution >= 4 is 34.9 Å². The van der Waals surface area contributed by atoms with Gasteiger partial charge in [0.15, 0.2) is 18.2 Å². The van der Waals surface area contributed by atoms with Crippen LogP contribution in [0.1, 0.15) is 37.9 Å². The van der Waals surface area contributed by atoms with Crippen LogP contribution in [0.5, 0.6) is 5.75 Å². The molecule has 0 bridgehead atoms. The van der Waals surface area contributed by atoms with Crippen LogP contribution in [0, 0.1) is 12.3 Å². The van der Waals surface area contributed by atoms with E-state index in [1.54, 1.807) is 32.2 Å². The Morgan fingerprint density at radius 1 is 1.20 bits per heavy atom. The number of ketones is 1. The van der Waals surface area contributed by atoms with Crippen LogP contribution in [0.15, 0.2) is 23.9 Å². The Kier molecular flexibility index (Phi) is 10.6. The molecule has 2 aliphatic heterocycles. The fourth-order valence-corrected chi connectivity index (χ4v) is 6.02. The third-order valence-electron chi connectivity index (χ3n) is 7.77. The molecular formula is C30H39ClF2N6O5. The Hall–Kier alpha value is -3.55. The van der Waals surface area contributed by atoms with E-state index in [-0.39, 0.29) is 29.2 Å². The summed E-state index contributed by atoms with van der Waals surface area (Å²) in [7, 11) is 1.73. The Balaban J connectivity index is 1.67. The molecular weight excluding hydrogens is 598 g/mol. The quantitative estimate of drug-likeness (QED) is 0.313. The van der Waals surface area contributed by atoms with E-state index in [4.69, 9.17) is 36.8 Å². The van der Waals surface area contributed by atoms with Crippen molar-refractivity contribution in [3.63, 3.8) is 0 Å². The Labute approximate surface area is 260 Å². The predicted octanol–water partition coefficient (Wildman–Crippen LogP) is 3.65. The van der Waals surface area contributed by atoms with E-state index in [0.717, 1.165) is 6.42 Å². The van der Waals surface area contributed by atoms with Gasteiger partial charge < -0.3 is 35.4 Å². The number of aromatic nitrogens is 2. The highest BCUT2D eigenvalue weighted by Crippen LogP contribution is 2.43. The number of anilines is 1. The number of hydrogen-bond acceptors (Lipinski definition) is 10. The Morgan fingerprint density at radius 3 is 2.57 bits per heavy atom. The molecule has 3 heterocycles. The number of nitrogens with two attached hydrogens (primary N) is 1. The lowest BCUT2D eigenvalue weighted by Crippen LogP contribution is -2.64. The van der Waals surface area contributed by atoms with Crippen LogP contribution in [0.25, 0.3) is 17.0 Å². The second-order valence-electron chi connectivity index (χ2n) is 11.5. The molecule has 1 spiro atoms. The summed E-state index contributed by atoms with van der Waals surface area (Å²) >= 11 is 6.62. The third-order valence-corrected chi connectivity index (χ3v) is 8.10. The number of ether oxygens (including phenoxy) is 2. The number of nitrogens with one attached hydrogen (secondary N) is 1. The Bertz CT molecular complexity index is 1410.